The van der Waals surface area contributed by atoms with Crippen LogP contribution in [-0.2, 0) is 0 Å². The van der Waals surface area contributed by atoms with Gasteiger partial charge in [-0.2, -0.15) is 0 Å². The van der Waals surface area contributed by atoms with Crippen molar-refractivity contribution in [2.45, 2.75) is 0 Å². The van der Waals surface area contributed by atoms with Gasteiger partial charge in [0.05, 0.1) is 14.2 Å². The second-order valence-electron chi connectivity index (χ2n) is 5.18. The average Bonchev–Trinajstić information content (AvgIpc) is 2.67. The number of halogens is 1. The van der Waals surface area contributed by atoms with E-state index in [-0.39, 0.29) is 29.3 Å². The highest BCUT2D eigenvalue weighted by molar-refractivity contribution is 5.99. The summed E-state index contributed by atoms with van der Waals surface area (Å²) < 4.78 is 28.6. The summed E-state index contributed by atoms with van der Waals surface area (Å²) in [6.45, 7) is 0. The SMILES string of the molecule is COc1nc(OC)nc(Oc2cccc(-c3ccc(F)cc3)c2C(=O)O)n1. The van der Waals surface area contributed by atoms with Gasteiger partial charge in [-0.15, -0.1) is 15.0 Å². The predicted octanol–water partition coefficient (Wildman–Crippen LogP) is 3.19. The number of aromatic carboxylic acids is 1. The number of hydrogen-bond acceptors (Lipinski definition) is 7. The van der Waals surface area contributed by atoms with Crippen LogP contribution in [0.4, 0.5) is 4.39 Å². The number of nitrogens with zero attached hydrogens (tertiary/aromatic N) is 3. The van der Waals surface area contributed by atoms with E-state index >= 15 is 0 Å². The first-order chi connectivity index (χ1) is 13.0. The fourth-order valence-corrected chi connectivity index (χ4v) is 2.35. The van der Waals surface area contributed by atoms with Crippen LogP contribution in [0.15, 0.2) is 42.5 Å². The molecule has 3 aromatic rings. The molecule has 0 bridgehead atoms. The van der Waals surface area contributed by atoms with Gasteiger partial charge in [0.1, 0.15) is 17.1 Å². The Morgan fingerprint density at radius 2 is 1.52 bits per heavy atom. The van der Waals surface area contributed by atoms with Crippen molar-refractivity contribution in [2.24, 2.45) is 0 Å². The molecule has 1 aromatic heterocycles. The van der Waals surface area contributed by atoms with Gasteiger partial charge in [0, 0.05) is 0 Å². The summed E-state index contributed by atoms with van der Waals surface area (Å²) in [6, 6.07) is 9.82. The van der Waals surface area contributed by atoms with Crippen LogP contribution in [0.2, 0.25) is 0 Å². The third kappa shape index (κ3) is 3.92. The van der Waals surface area contributed by atoms with Crippen LogP contribution < -0.4 is 14.2 Å². The number of aromatic nitrogens is 3. The molecule has 27 heavy (non-hydrogen) atoms. The van der Waals surface area contributed by atoms with E-state index in [4.69, 9.17) is 14.2 Å². The molecule has 0 atom stereocenters. The highest BCUT2D eigenvalue weighted by atomic mass is 19.1. The van der Waals surface area contributed by atoms with Gasteiger partial charge >= 0.3 is 24.0 Å². The first kappa shape index (κ1) is 18.1. The molecule has 0 fully saturated rings. The third-order valence-electron chi connectivity index (χ3n) is 3.54. The zero-order valence-electron chi connectivity index (χ0n) is 14.3. The van der Waals surface area contributed by atoms with Crippen LogP contribution in [-0.4, -0.2) is 40.2 Å². The number of carboxylic acids is 1. The van der Waals surface area contributed by atoms with Crippen molar-refractivity contribution < 1.29 is 28.5 Å². The van der Waals surface area contributed by atoms with E-state index in [9.17, 15) is 14.3 Å². The second-order valence-corrected chi connectivity index (χ2v) is 5.18. The van der Waals surface area contributed by atoms with Crippen LogP contribution in [0.1, 0.15) is 10.4 Å². The third-order valence-corrected chi connectivity index (χ3v) is 3.54. The molecule has 0 aliphatic heterocycles. The Morgan fingerprint density at radius 1 is 0.926 bits per heavy atom. The van der Waals surface area contributed by atoms with Crippen molar-refractivity contribution in [3.05, 3.63) is 53.8 Å². The number of ether oxygens (including phenoxy) is 3. The zero-order valence-corrected chi connectivity index (χ0v) is 14.3. The zero-order chi connectivity index (χ0) is 19.4. The lowest BCUT2D eigenvalue weighted by atomic mass is 9.99. The number of benzene rings is 2. The minimum Gasteiger partial charge on any atom is -0.478 e. The molecular formula is C18H14FN3O5. The van der Waals surface area contributed by atoms with Crippen LogP contribution in [0.25, 0.3) is 11.1 Å². The Kier molecular flexibility index (Phi) is 5.11. The molecule has 8 nitrogen and oxygen atoms in total. The molecule has 0 radical (unpaired) electrons. The Hall–Kier alpha value is -3.75. The van der Waals surface area contributed by atoms with Gasteiger partial charge in [0.15, 0.2) is 0 Å². The van der Waals surface area contributed by atoms with Gasteiger partial charge in [-0.3, -0.25) is 0 Å². The molecule has 0 saturated heterocycles. The van der Waals surface area contributed by atoms with Gasteiger partial charge in [-0.25, -0.2) is 9.18 Å². The molecule has 0 unspecified atom stereocenters. The van der Waals surface area contributed by atoms with Crippen molar-refractivity contribution in [3.63, 3.8) is 0 Å². The van der Waals surface area contributed by atoms with Crippen molar-refractivity contribution in [3.8, 4) is 34.9 Å². The van der Waals surface area contributed by atoms with Crippen molar-refractivity contribution >= 4 is 5.97 Å². The number of hydrogen-bond donors (Lipinski definition) is 1. The Morgan fingerprint density at radius 3 is 2.07 bits per heavy atom. The molecule has 138 valence electrons. The van der Waals surface area contributed by atoms with E-state index in [1.807, 2.05) is 0 Å². The van der Waals surface area contributed by atoms with Crippen LogP contribution in [0.5, 0.6) is 23.8 Å². The Balaban J connectivity index is 2.07. The number of carbonyl (C=O) groups is 1. The minimum atomic E-state index is -1.22. The van der Waals surface area contributed by atoms with Crippen molar-refractivity contribution in [2.75, 3.05) is 14.2 Å². The summed E-state index contributed by atoms with van der Waals surface area (Å²) in [7, 11) is 2.72. The molecule has 0 saturated carbocycles. The first-order valence-electron chi connectivity index (χ1n) is 7.66. The van der Waals surface area contributed by atoms with E-state index in [2.05, 4.69) is 15.0 Å². The quantitative estimate of drug-likeness (QED) is 0.705. The molecule has 3 rings (SSSR count). The highest BCUT2D eigenvalue weighted by Crippen LogP contribution is 2.33. The van der Waals surface area contributed by atoms with Gasteiger partial charge in [-0.1, -0.05) is 24.3 Å². The molecule has 0 aliphatic carbocycles. The van der Waals surface area contributed by atoms with E-state index < -0.39 is 11.8 Å². The van der Waals surface area contributed by atoms with Crippen LogP contribution >= 0.6 is 0 Å². The smallest absolute Gasteiger partial charge is 0.340 e. The Bertz CT molecular complexity index is 957. The summed E-state index contributed by atoms with van der Waals surface area (Å²) in [6.07, 6.45) is 0. The van der Waals surface area contributed by atoms with Crippen molar-refractivity contribution in [1.29, 1.82) is 0 Å². The summed E-state index contributed by atoms with van der Waals surface area (Å²) in [5.74, 6) is -1.65. The maximum atomic E-state index is 13.2. The van der Waals surface area contributed by atoms with Gasteiger partial charge in [0.2, 0.25) is 0 Å². The number of rotatable bonds is 6. The van der Waals surface area contributed by atoms with E-state index in [1.165, 1.54) is 44.6 Å². The standard InChI is InChI=1S/C18H14FN3O5/c1-25-16-20-17(26-2)22-18(21-16)27-13-5-3-4-12(14(13)15(23)24)10-6-8-11(19)9-7-10/h3-9H,1-2H3,(H,23,24). The molecular weight excluding hydrogens is 357 g/mol. The second kappa shape index (κ2) is 7.65. The van der Waals surface area contributed by atoms with E-state index in [0.29, 0.717) is 11.1 Å². The Labute approximate surface area is 153 Å². The fourth-order valence-electron chi connectivity index (χ4n) is 2.35. The predicted molar refractivity (Wildman–Crippen MR) is 91.8 cm³/mol. The molecule has 0 amide bonds. The summed E-state index contributed by atoms with van der Waals surface area (Å²) in [4.78, 5) is 23.5. The van der Waals surface area contributed by atoms with Gasteiger partial charge in [-0.05, 0) is 29.3 Å². The first-order valence-corrected chi connectivity index (χ1v) is 7.66. The molecule has 0 aliphatic rings. The summed E-state index contributed by atoms with van der Waals surface area (Å²) >= 11 is 0. The summed E-state index contributed by atoms with van der Waals surface area (Å²) in [5.41, 5.74) is 0.750. The maximum Gasteiger partial charge on any atom is 0.340 e. The van der Waals surface area contributed by atoms with Crippen LogP contribution in [0, 0.1) is 5.82 Å². The monoisotopic (exact) mass is 371 g/mol. The van der Waals surface area contributed by atoms with E-state index in [0.717, 1.165) is 0 Å². The number of carboxylic acid groups (broad SMARTS) is 1. The normalized spacial score (nSPS) is 10.3. The van der Waals surface area contributed by atoms with E-state index in [1.54, 1.807) is 12.1 Å². The number of methoxy groups -OCH3 is 2. The minimum absolute atomic E-state index is 0.000342. The molecule has 1 N–H and O–H groups in total. The lowest BCUT2D eigenvalue weighted by Crippen LogP contribution is -2.06. The fraction of sp³-hybridized carbons (Fsp3) is 0.111. The van der Waals surface area contributed by atoms with Gasteiger partial charge < -0.3 is 19.3 Å². The van der Waals surface area contributed by atoms with Gasteiger partial charge in [0.25, 0.3) is 0 Å². The summed E-state index contributed by atoms with van der Waals surface area (Å²) in [5, 5.41) is 9.69. The lowest BCUT2D eigenvalue weighted by molar-refractivity contribution is 0.0695. The maximum absolute atomic E-state index is 13.2. The lowest BCUT2D eigenvalue weighted by Gasteiger charge is -2.12. The van der Waals surface area contributed by atoms with Crippen molar-refractivity contribution in [1.82, 2.24) is 15.0 Å². The average molecular weight is 371 g/mol. The highest BCUT2D eigenvalue weighted by Gasteiger charge is 2.20. The topological polar surface area (TPSA) is 104 Å². The largest absolute Gasteiger partial charge is 0.478 e. The molecule has 0 spiro atoms. The molecule has 2 aromatic carbocycles. The van der Waals surface area contributed by atoms with Crippen LogP contribution in [0.3, 0.4) is 0 Å². The molecule has 1 heterocycles. The molecule has 9 heteroatoms.